The van der Waals surface area contributed by atoms with Gasteiger partial charge in [0.1, 0.15) is 0 Å². The SMILES string of the molecule is CC(O)CCCNC(c1cccs1)c1ccc(Cl)s1. The Morgan fingerprint density at radius 2 is 2.16 bits per heavy atom. The highest BCUT2D eigenvalue weighted by Crippen LogP contribution is 2.32. The lowest BCUT2D eigenvalue weighted by Gasteiger charge is -2.16. The predicted molar refractivity (Wildman–Crippen MR) is 84.4 cm³/mol. The van der Waals surface area contributed by atoms with Crippen molar-refractivity contribution in [3.05, 3.63) is 43.7 Å². The van der Waals surface area contributed by atoms with E-state index in [0.29, 0.717) is 0 Å². The summed E-state index contributed by atoms with van der Waals surface area (Å²) < 4.78 is 0.822. The lowest BCUT2D eigenvalue weighted by Crippen LogP contribution is -2.22. The molecule has 0 aliphatic carbocycles. The van der Waals surface area contributed by atoms with Gasteiger partial charge in [0.2, 0.25) is 0 Å². The van der Waals surface area contributed by atoms with Gasteiger partial charge in [-0.05, 0) is 49.9 Å². The predicted octanol–water partition coefficient (Wildman–Crippen LogP) is 4.30. The van der Waals surface area contributed by atoms with Crippen molar-refractivity contribution in [2.75, 3.05) is 6.54 Å². The van der Waals surface area contributed by atoms with Gasteiger partial charge in [0, 0.05) is 9.75 Å². The Hall–Kier alpha value is -0.390. The molecule has 0 aliphatic rings. The Labute approximate surface area is 127 Å². The molecule has 2 nitrogen and oxygen atoms in total. The molecule has 0 amide bonds. The number of hydrogen-bond acceptors (Lipinski definition) is 4. The molecule has 0 radical (unpaired) electrons. The molecule has 0 saturated carbocycles. The molecule has 0 saturated heterocycles. The van der Waals surface area contributed by atoms with Crippen LogP contribution < -0.4 is 5.32 Å². The molecule has 2 atom stereocenters. The summed E-state index contributed by atoms with van der Waals surface area (Å²) in [5.41, 5.74) is 0. The number of thiophene rings is 2. The van der Waals surface area contributed by atoms with Crippen molar-refractivity contribution in [3.8, 4) is 0 Å². The first-order valence-electron chi connectivity index (χ1n) is 6.37. The van der Waals surface area contributed by atoms with Crippen molar-refractivity contribution in [1.29, 1.82) is 0 Å². The molecule has 0 fully saturated rings. The highest BCUT2D eigenvalue weighted by molar-refractivity contribution is 7.16. The van der Waals surface area contributed by atoms with E-state index < -0.39 is 0 Å². The van der Waals surface area contributed by atoms with Gasteiger partial charge in [-0.3, -0.25) is 0 Å². The number of halogens is 1. The quantitative estimate of drug-likeness (QED) is 0.746. The largest absolute Gasteiger partial charge is 0.393 e. The third-order valence-electron chi connectivity index (χ3n) is 2.85. The molecular formula is C14H18ClNOS2. The molecule has 2 rings (SSSR count). The van der Waals surface area contributed by atoms with Gasteiger partial charge >= 0.3 is 0 Å². The van der Waals surface area contributed by atoms with E-state index in [1.807, 2.05) is 13.0 Å². The Kier molecular flexibility index (Phi) is 5.85. The molecule has 0 aromatic carbocycles. The van der Waals surface area contributed by atoms with E-state index >= 15 is 0 Å². The summed E-state index contributed by atoms with van der Waals surface area (Å²) in [6, 6.07) is 8.45. The molecule has 0 bridgehead atoms. The van der Waals surface area contributed by atoms with E-state index in [-0.39, 0.29) is 12.1 Å². The first-order valence-corrected chi connectivity index (χ1v) is 8.44. The van der Waals surface area contributed by atoms with Crippen molar-refractivity contribution in [3.63, 3.8) is 0 Å². The van der Waals surface area contributed by atoms with E-state index in [1.54, 1.807) is 22.7 Å². The zero-order valence-electron chi connectivity index (χ0n) is 10.8. The summed E-state index contributed by atoms with van der Waals surface area (Å²) in [5, 5.41) is 14.9. The summed E-state index contributed by atoms with van der Waals surface area (Å²) in [6.45, 7) is 2.72. The van der Waals surface area contributed by atoms with Crippen LogP contribution in [-0.4, -0.2) is 17.8 Å². The summed E-state index contributed by atoms with van der Waals surface area (Å²) in [4.78, 5) is 2.54. The number of aliphatic hydroxyl groups is 1. The van der Waals surface area contributed by atoms with Gasteiger partial charge in [-0.25, -0.2) is 0 Å². The maximum absolute atomic E-state index is 9.28. The summed E-state index contributed by atoms with van der Waals surface area (Å²) in [7, 11) is 0. The minimum absolute atomic E-state index is 0.214. The van der Waals surface area contributed by atoms with Crippen LogP contribution in [0.4, 0.5) is 0 Å². The van der Waals surface area contributed by atoms with E-state index in [4.69, 9.17) is 11.6 Å². The Morgan fingerprint density at radius 3 is 2.74 bits per heavy atom. The smallest absolute Gasteiger partial charge is 0.0931 e. The van der Waals surface area contributed by atoms with Gasteiger partial charge in [0.15, 0.2) is 0 Å². The maximum Gasteiger partial charge on any atom is 0.0931 e. The molecule has 0 spiro atoms. The summed E-state index contributed by atoms with van der Waals surface area (Å²) >= 11 is 9.40. The van der Waals surface area contributed by atoms with Crippen LogP contribution in [0.1, 0.15) is 35.6 Å². The molecule has 2 heterocycles. The summed E-state index contributed by atoms with van der Waals surface area (Å²) in [6.07, 6.45) is 1.58. The molecule has 2 unspecified atom stereocenters. The normalized spacial score (nSPS) is 14.5. The molecular weight excluding hydrogens is 298 g/mol. The standard InChI is InChI=1S/C14H18ClNOS2/c1-10(17)4-2-8-16-14(11-5-3-9-18-11)12-6-7-13(15)19-12/h3,5-7,9-10,14,16-17H,2,4,8H2,1H3. The van der Waals surface area contributed by atoms with Gasteiger partial charge in [-0.1, -0.05) is 17.7 Å². The molecule has 2 aromatic heterocycles. The Bertz CT molecular complexity index is 481. The van der Waals surface area contributed by atoms with Crippen molar-refractivity contribution < 1.29 is 5.11 Å². The molecule has 0 aliphatic heterocycles. The monoisotopic (exact) mass is 315 g/mol. The minimum Gasteiger partial charge on any atom is -0.393 e. The molecule has 5 heteroatoms. The van der Waals surface area contributed by atoms with Crippen LogP contribution in [0.5, 0.6) is 0 Å². The van der Waals surface area contributed by atoms with Crippen LogP contribution in [0.3, 0.4) is 0 Å². The van der Waals surface area contributed by atoms with Crippen molar-refractivity contribution in [2.45, 2.75) is 31.9 Å². The van der Waals surface area contributed by atoms with E-state index in [9.17, 15) is 5.11 Å². The number of rotatable bonds is 7. The second-order valence-corrected chi connectivity index (χ2v) is 7.26. The topological polar surface area (TPSA) is 32.3 Å². The maximum atomic E-state index is 9.28. The van der Waals surface area contributed by atoms with E-state index in [0.717, 1.165) is 23.7 Å². The van der Waals surface area contributed by atoms with Gasteiger partial charge in [0.25, 0.3) is 0 Å². The fourth-order valence-corrected chi connectivity index (χ4v) is 3.97. The highest BCUT2D eigenvalue weighted by Gasteiger charge is 2.16. The van der Waals surface area contributed by atoms with Crippen LogP contribution in [-0.2, 0) is 0 Å². The zero-order valence-corrected chi connectivity index (χ0v) is 13.2. The van der Waals surface area contributed by atoms with Crippen LogP contribution in [0.2, 0.25) is 4.34 Å². The van der Waals surface area contributed by atoms with Crippen LogP contribution in [0.25, 0.3) is 0 Å². The summed E-state index contributed by atoms with van der Waals surface area (Å²) in [5.74, 6) is 0. The molecule has 2 aromatic rings. The molecule has 19 heavy (non-hydrogen) atoms. The van der Waals surface area contributed by atoms with Gasteiger partial charge in [-0.2, -0.15) is 0 Å². The average Bonchev–Trinajstić information content (AvgIpc) is 3.00. The van der Waals surface area contributed by atoms with Crippen molar-refractivity contribution in [1.82, 2.24) is 5.32 Å². The van der Waals surface area contributed by atoms with Crippen LogP contribution in [0.15, 0.2) is 29.6 Å². The van der Waals surface area contributed by atoms with Crippen LogP contribution in [0, 0.1) is 0 Å². The third-order valence-corrected chi connectivity index (χ3v) is 5.09. The Morgan fingerprint density at radius 1 is 1.32 bits per heavy atom. The van der Waals surface area contributed by atoms with Gasteiger partial charge < -0.3 is 10.4 Å². The van der Waals surface area contributed by atoms with Crippen LogP contribution >= 0.6 is 34.3 Å². The van der Waals surface area contributed by atoms with Crippen molar-refractivity contribution in [2.24, 2.45) is 0 Å². The second-order valence-electron chi connectivity index (χ2n) is 4.54. The lowest BCUT2D eigenvalue weighted by atomic mass is 10.1. The fourth-order valence-electron chi connectivity index (χ4n) is 1.92. The molecule has 104 valence electrons. The average molecular weight is 316 g/mol. The van der Waals surface area contributed by atoms with E-state index in [1.165, 1.54) is 9.75 Å². The second kappa shape index (κ2) is 7.41. The number of nitrogens with one attached hydrogen (secondary N) is 1. The zero-order chi connectivity index (χ0) is 13.7. The lowest BCUT2D eigenvalue weighted by molar-refractivity contribution is 0.181. The number of aliphatic hydroxyl groups excluding tert-OH is 1. The Balaban J connectivity index is 1.99. The van der Waals surface area contributed by atoms with Gasteiger partial charge in [-0.15, -0.1) is 22.7 Å². The first-order chi connectivity index (χ1) is 9.16. The van der Waals surface area contributed by atoms with E-state index in [2.05, 4.69) is 28.9 Å². The first kappa shape index (κ1) is 15.0. The molecule has 2 N–H and O–H groups in total. The minimum atomic E-state index is -0.224. The number of hydrogen-bond donors (Lipinski definition) is 2. The van der Waals surface area contributed by atoms with Gasteiger partial charge in [0.05, 0.1) is 16.5 Å². The van der Waals surface area contributed by atoms with Crippen molar-refractivity contribution >= 4 is 34.3 Å². The highest BCUT2D eigenvalue weighted by atomic mass is 35.5. The third kappa shape index (κ3) is 4.58. The fraction of sp³-hybridized carbons (Fsp3) is 0.429.